The maximum atomic E-state index is 10.8. The molecule has 0 fully saturated rings. The second-order valence-electron chi connectivity index (χ2n) is 2.89. The van der Waals surface area contributed by atoms with Gasteiger partial charge < -0.3 is 18.9 Å². The third-order valence-corrected chi connectivity index (χ3v) is 2.11. The van der Waals surface area contributed by atoms with Crippen LogP contribution in [0.2, 0.25) is 0 Å². The molecular weight excluding hydrogens is 290 g/mol. The van der Waals surface area contributed by atoms with E-state index in [-0.39, 0.29) is 13.2 Å². The monoisotopic (exact) mass is 305 g/mol. The highest BCUT2D eigenvalue weighted by Crippen LogP contribution is 1.91. The quantitative estimate of drug-likeness (QED) is 0.443. The number of hydrogen-bond acceptors (Lipinski definition) is 7. The molecule has 0 saturated heterocycles. The van der Waals surface area contributed by atoms with Crippen LogP contribution in [-0.4, -0.2) is 61.3 Å². The van der Waals surface area contributed by atoms with Crippen LogP contribution in [0.5, 0.6) is 0 Å². The number of halogens is 1. The van der Waals surface area contributed by atoms with Crippen molar-refractivity contribution in [1.82, 2.24) is 4.72 Å². The number of ether oxygens (including phenoxy) is 4. The van der Waals surface area contributed by atoms with E-state index in [9.17, 15) is 13.2 Å². The summed E-state index contributed by atoms with van der Waals surface area (Å²) < 4.78 is 41.6. The number of rotatable bonds is 10. The molecule has 0 bridgehead atoms. The van der Waals surface area contributed by atoms with Crippen LogP contribution in [0.15, 0.2) is 0 Å². The molecule has 108 valence electrons. The largest absolute Gasteiger partial charge is 0.446 e. The summed E-state index contributed by atoms with van der Waals surface area (Å²) in [6, 6.07) is 0. The molecule has 8 nitrogen and oxygen atoms in total. The van der Waals surface area contributed by atoms with E-state index >= 15 is 0 Å². The third kappa shape index (κ3) is 13.5. The minimum Gasteiger partial charge on any atom is -0.446 e. The van der Waals surface area contributed by atoms with E-state index < -0.39 is 15.3 Å². The van der Waals surface area contributed by atoms with Gasteiger partial charge in [-0.05, 0) is 0 Å². The van der Waals surface area contributed by atoms with Crippen molar-refractivity contribution in [2.75, 3.05) is 46.8 Å². The molecule has 1 amide bonds. The van der Waals surface area contributed by atoms with Crippen LogP contribution in [0.4, 0.5) is 4.79 Å². The number of amides is 1. The predicted molar refractivity (Wildman–Crippen MR) is 62.8 cm³/mol. The van der Waals surface area contributed by atoms with Crippen molar-refractivity contribution >= 4 is 26.0 Å². The van der Waals surface area contributed by atoms with E-state index in [1.54, 1.807) is 7.11 Å². The zero-order valence-corrected chi connectivity index (χ0v) is 11.5. The molecule has 0 aromatic carbocycles. The molecular formula is C8H16ClNO7S. The molecule has 0 heterocycles. The second kappa shape index (κ2) is 10.3. The van der Waals surface area contributed by atoms with Gasteiger partial charge in [0, 0.05) is 17.8 Å². The number of nitrogens with one attached hydrogen (secondary N) is 1. The lowest BCUT2D eigenvalue weighted by Crippen LogP contribution is -2.28. The van der Waals surface area contributed by atoms with Crippen LogP contribution in [0.1, 0.15) is 0 Å². The first kappa shape index (κ1) is 17.4. The molecule has 0 aromatic heterocycles. The Balaban J connectivity index is 3.28. The molecule has 0 aliphatic heterocycles. The zero-order chi connectivity index (χ0) is 13.9. The fourth-order valence-corrected chi connectivity index (χ4v) is 1.23. The third-order valence-electron chi connectivity index (χ3n) is 1.47. The zero-order valence-electron chi connectivity index (χ0n) is 9.89. The maximum absolute atomic E-state index is 10.8. The first-order valence-corrected chi connectivity index (χ1v) is 7.30. The highest BCUT2D eigenvalue weighted by Gasteiger charge is 2.10. The van der Waals surface area contributed by atoms with E-state index in [4.69, 9.17) is 24.9 Å². The van der Waals surface area contributed by atoms with Crippen molar-refractivity contribution in [3.8, 4) is 0 Å². The van der Waals surface area contributed by atoms with Crippen molar-refractivity contribution in [3.63, 3.8) is 0 Å². The SMILES string of the molecule is COCCOCCOCCOC(=O)NS(=O)(=O)Cl. The lowest BCUT2D eigenvalue weighted by atomic mass is 10.7. The molecule has 1 N–H and O–H groups in total. The van der Waals surface area contributed by atoms with Gasteiger partial charge in [-0.2, -0.15) is 8.42 Å². The van der Waals surface area contributed by atoms with Gasteiger partial charge in [0.15, 0.2) is 0 Å². The van der Waals surface area contributed by atoms with Gasteiger partial charge in [-0.15, -0.1) is 0 Å². The molecule has 0 aliphatic carbocycles. The summed E-state index contributed by atoms with van der Waals surface area (Å²) >= 11 is 0. The number of methoxy groups -OCH3 is 1. The number of carbonyl (C=O) groups excluding carboxylic acids is 1. The van der Waals surface area contributed by atoms with Gasteiger partial charge in [-0.1, -0.05) is 0 Å². The summed E-state index contributed by atoms with van der Waals surface area (Å²) in [6.07, 6.45) is -1.15. The summed E-state index contributed by atoms with van der Waals surface area (Å²) in [7, 11) is 2.22. The minimum absolute atomic E-state index is 0.0870. The predicted octanol–water partition coefficient (Wildman–Crippen LogP) is -0.124. The lowest BCUT2D eigenvalue weighted by Gasteiger charge is -2.06. The van der Waals surface area contributed by atoms with Gasteiger partial charge in [-0.25, -0.2) is 9.52 Å². The second-order valence-corrected chi connectivity index (χ2v) is 5.19. The molecule has 0 saturated carbocycles. The Hall–Kier alpha value is -0.610. The van der Waals surface area contributed by atoms with E-state index in [0.717, 1.165) is 0 Å². The van der Waals surface area contributed by atoms with Gasteiger partial charge in [-0.3, -0.25) is 0 Å². The average molecular weight is 306 g/mol. The summed E-state index contributed by atoms with van der Waals surface area (Å²) in [4.78, 5) is 10.8. The van der Waals surface area contributed by atoms with Crippen LogP contribution >= 0.6 is 10.7 Å². The van der Waals surface area contributed by atoms with Crippen LogP contribution in [0.25, 0.3) is 0 Å². The van der Waals surface area contributed by atoms with Crippen LogP contribution in [0.3, 0.4) is 0 Å². The van der Waals surface area contributed by atoms with Gasteiger partial charge in [0.25, 0.3) is 0 Å². The van der Waals surface area contributed by atoms with Crippen molar-refractivity contribution < 1.29 is 32.2 Å². The first-order chi connectivity index (χ1) is 8.45. The summed E-state index contributed by atoms with van der Waals surface area (Å²) in [5.74, 6) is 0. The fraction of sp³-hybridized carbons (Fsp3) is 0.875. The van der Waals surface area contributed by atoms with E-state index in [0.29, 0.717) is 26.4 Å². The Kier molecular flexibility index (Phi) is 9.98. The summed E-state index contributed by atoms with van der Waals surface area (Å²) in [5, 5.41) is 0. The van der Waals surface area contributed by atoms with Crippen molar-refractivity contribution in [3.05, 3.63) is 0 Å². The van der Waals surface area contributed by atoms with Gasteiger partial charge in [0.2, 0.25) is 0 Å². The highest BCUT2D eigenvalue weighted by molar-refractivity contribution is 8.12. The molecule has 0 rings (SSSR count). The fourth-order valence-electron chi connectivity index (χ4n) is 0.787. The lowest BCUT2D eigenvalue weighted by molar-refractivity contribution is 0.0135. The number of hydrogen-bond donors (Lipinski definition) is 1. The standard InChI is InChI=1S/C8H16ClNO7S/c1-14-2-3-15-4-5-16-6-7-17-8(11)10-18(9,12)13/h2-7H2,1H3,(H,10,11). The van der Waals surface area contributed by atoms with E-state index in [2.05, 4.69) is 4.74 Å². The van der Waals surface area contributed by atoms with Crippen molar-refractivity contribution in [1.29, 1.82) is 0 Å². The van der Waals surface area contributed by atoms with Gasteiger partial charge >= 0.3 is 15.3 Å². The molecule has 0 aliphatic rings. The Labute approximate surface area is 110 Å². The smallest absolute Gasteiger partial charge is 0.421 e. The average Bonchev–Trinajstić information content (AvgIpc) is 2.24. The van der Waals surface area contributed by atoms with Crippen LogP contribution < -0.4 is 4.72 Å². The Morgan fingerprint density at radius 2 is 1.56 bits per heavy atom. The Bertz CT molecular complexity index is 321. The molecule has 10 heteroatoms. The first-order valence-electron chi connectivity index (χ1n) is 4.99. The number of carbonyl (C=O) groups is 1. The van der Waals surface area contributed by atoms with E-state index in [1.165, 1.54) is 4.72 Å². The van der Waals surface area contributed by atoms with Crippen molar-refractivity contribution in [2.45, 2.75) is 0 Å². The normalized spacial score (nSPS) is 11.2. The minimum atomic E-state index is -4.11. The summed E-state index contributed by atoms with van der Waals surface area (Å²) in [6.45, 7) is 1.76. The van der Waals surface area contributed by atoms with Crippen LogP contribution in [-0.2, 0) is 28.2 Å². The Morgan fingerprint density at radius 3 is 2.06 bits per heavy atom. The molecule has 0 aromatic rings. The molecule has 0 unspecified atom stereocenters. The van der Waals surface area contributed by atoms with E-state index in [1.807, 2.05) is 0 Å². The maximum Gasteiger partial charge on any atom is 0.421 e. The van der Waals surface area contributed by atoms with Gasteiger partial charge in [0.05, 0.1) is 33.0 Å². The topological polar surface area (TPSA) is 100 Å². The van der Waals surface area contributed by atoms with Crippen molar-refractivity contribution in [2.24, 2.45) is 0 Å². The summed E-state index contributed by atoms with van der Waals surface area (Å²) in [5.41, 5.74) is 0. The van der Waals surface area contributed by atoms with Gasteiger partial charge in [0.1, 0.15) is 6.61 Å². The Morgan fingerprint density at radius 1 is 1.06 bits per heavy atom. The molecule has 0 atom stereocenters. The highest BCUT2D eigenvalue weighted by atomic mass is 35.7. The molecule has 0 spiro atoms. The van der Waals surface area contributed by atoms with Crippen LogP contribution in [0, 0.1) is 0 Å². The molecule has 18 heavy (non-hydrogen) atoms. The molecule has 0 radical (unpaired) electrons.